The van der Waals surface area contributed by atoms with Crippen LogP contribution in [-0.2, 0) is 4.79 Å². The van der Waals surface area contributed by atoms with Crippen LogP contribution in [0.3, 0.4) is 0 Å². The number of para-hydroxylation sites is 2. The average Bonchev–Trinajstić information content (AvgIpc) is 3.19. The van der Waals surface area contributed by atoms with Crippen LogP contribution in [0.15, 0.2) is 71.2 Å². The molecule has 2 aliphatic rings. The number of carbonyl (C=O) groups is 1. The molecule has 0 amide bonds. The number of hydrogen-bond donors (Lipinski definition) is 2. The van der Waals surface area contributed by atoms with Crippen molar-refractivity contribution in [3.63, 3.8) is 0 Å². The van der Waals surface area contributed by atoms with E-state index in [1.807, 2.05) is 12.1 Å². The minimum absolute atomic E-state index is 0.141. The van der Waals surface area contributed by atoms with E-state index in [-0.39, 0.29) is 17.7 Å². The summed E-state index contributed by atoms with van der Waals surface area (Å²) in [5, 5.41) is 9.40. The molecule has 2 atom stereocenters. The van der Waals surface area contributed by atoms with Crippen LogP contribution in [0.1, 0.15) is 46.4 Å². The number of allylic oxidation sites excluding steroid dienone is 1. The average molecular weight is 401 g/mol. The second-order valence-electron chi connectivity index (χ2n) is 8.04. The van der Waals surface area contributed by atoms with Crippen molar-refractivity contribution in [2.75, 3.05) is 10.6 Å². The van der Waals surface area contributed by atoms with E-state index in [1.54, 1.807) is 11.3 Å². The third-order valence-electron chi connectivity index (χ3n) is 6.00. The second kappa shape index (κ2) is 7.20. The lowest BCUT2D eigenvalue weighted by Gasteiger charge is -2.30. The van der Waals surface area contributed by atoms with Crippen molar-refractivity contribution in [3.8, 4) is 0 Å². The van der Waals surface area contributed by atoms with Gasteiger partial charge < -0.3 is 10.6 Å². The largest absolute Gasteiger partial charge is 0.372 e. The van der Waals surface area contributed by atoms with Crippen molar-refractivity contribution in [1.82, 2.24) is 0 Å². The number of benzene rings is 2. The molecule has 29 heavy (non-hydrogen) atoms. The summed E-state index contributed by atoms with van der Waals surface area (Å²) in [6, 6.07) is 18.8. The third kappa shape index (κ3) is 3.28. The van der Waals surface area contributed by atoms with E-state index in [2.05, 4.69) is 72.3 Å². The zero-order valence-electron chi connectivity index (χ0n) is 16.7. The zero-order chi connectivity index (χ0) is 20.0. The van der Waals surface area contributed by atoms with Crippen LogP contribution >= 0.6 is 11.3 Å². The fraction of sp³-hybridized carbons (Fsp3) is 0.240. The number of rotatable bonds is 2. The van der Waals surface area contributed by atoms with Gasteiger partial charge in [-0.15, -0.1) is 11.3 Å². The summed E-state index contributed by atoms with van der Waals surface area (Å²) in [6.45, 7) is 4.24. The Balaban J connectivity index is 1.66. The maximum absolute atomic E-state index is 13.5. The number of ketones is 1. The van der Waals surface area contributed by atoms with Crippen LogP contribution in [0.2, 0.25) is 0 Å². The highest BCUT2D eigenvalue weighted by Crippen LogP contribution is 2.45. The Kier molecular flexibility index (Phi) is 4.51. The summed E-state index contributed by atoms with van der Waals surface area (Å²) in [4.78, 5) is 14.8. The number of anilines is 2. The molecule has 146 valence electrons. The minimum atomic E-state index is -0.141. The SMILES string of the molecule is Cc1ccc(C)c([C@@H]2Nc3ccccc3NC3=C2C(=O)C[C@@H](c2cccs2)C3)c1. The van der Waals surface area contributed by atoms with Gasteiger partial charge in [0.2, 0.25) is 0 Å². The maximum Gasteiger partial charge on any atom is 0.163 e. The molecule has 0 spiro atoms. The van der Waals surface area contributed by atoms with E-state index >= 15 is 0 Å². The highest BCUT2D eigenvalue weighted by molar-refractivity contribution is 7.10. The van der Waals surface area contributed by atoms with E-state index in [4.69, 9.17) is 0 Å². The molecular formula is C25H24N2OS. The molecular weight excluding hydrogens is 376 g/mol. The van der Waals surface area contributed by atoms with Gasteiger partial charge in [-0.3, -0.25) is 4.79 Å². The Labute approximate surface area is 175 Å². The molecule has 1 aliphatic carbocycles. The van der Waals surface area contributed by atoms with Crippen molar-refractivity contribution in [2.45, 2.75) is 38.6 Å². The Bertz CT molecular complexity index is 1110. The van der Waals surface area contributed by atoms with Gasteiger partial charge in [0.05, 0.1) is 17.4 Å². The number of aryl methyl sites for hydroxylation is 2. The van der Waals surface area contributed by atoms with E-state index in [0.29, 0.717) is 6.42 Å². The van der Waals surface area contributed by atoms with Crippen LogP contribution in [0.4, 0.5) is 11.4 Å². The monoisotopic (exact) mass is 400 g/mol. The van der Waals surface area contributed by atoms with Gasteiger partial charge in [-0.25, -0.2) is 0 Å². The molecule has 0 unspecified atom stereocenters. The molecule has 0 saturated carbocycles. The number of hydrogen-bond acceptors (Lipinski definition) is 4. The van der Waals surface area contributed by atoms with Crippen LogP contribution in [0, 0.1) is 13.8 Å². The summed E-state index contributed by atoms with van der Waals surface area (Å²) >= 11 is 1.75. The lowest BCUT2D eigenvalue weighted by molar-refractivity contribution is -0.116. The molecule has 1 aromatic heterocycles. The smallest absolute Gasteiger partial charge is 0.163 e. The van der Waals surface area contributed by atoms with Crippen molar-refractivity contribution in [1.29, 1.82) is 0 Å². The van der Waals surface area contributed by atoms with E-state index in [1.165, 1.54) is 21.6 Å². The predicted molar refractivity (Wildman–Crippen MR) is 121 cm³/mol. The fourth-order valence-electron chi connectivity index (χ4n) is 4.52. The molecule has 4 heteroatoms. The Morgan fingerprint density at radius 3 is 2.59 bits per heavy atom. The molecule has 3 aromatic rings. The first-order valence-electron chi connectivity index (χ1n) is 10.1. The van der Waals surface area contributed by atoms with Crippen LogP contribution < -0.4 is 10.6 Å². The van der Waals surface area contributed by atoms with Crippen molar-refractivity contribution < 1.29 is 4.79 Å². The van der Waals surface area contributed by atoms with Gasteiger partial charge in [-0.2, -0.15) is 0 Å². The summed E-state index contributed by atoms with van der Waals surface area (Å²) in [5.74, 6) is 0.488. The molecule has 2 heterocycles. The predicted octanol–water partition coefficient (Wildman–Crippen LogP) is 6.34. The van der Waals surface area contributed by atoms with Gasteiger partial charge in [0.15, 0.2) is 5.78 Å². The third-order valence-corrected chi connectivity index (χ3v) is 7.04. The quantitative estimate of drug-likeness (QED) is 0.527. The lowest BCUT2D eigenvalue weighted by atomic mass is 9.80. The minimum Gasteiger partial charge on any atom is -0.372 e. The van der Waals surface area contributed by atoms with E-state index in [0.717, 1.165) is 29.1 Å². The van der Waals surface area contributed by atoms with Crippen LogP contribution in [0.5, 0.6) is 0 Å². The van der Waals surface area contributed by atoms with Gasteiger partial charge >= 0.3 is 0 Å². The van der Waals surface area contributed by atoms with Crippen molar-refractivity contribution >= 4 is 28.5 Å². The molecule has 0 radical (unpaired) electrons. The first kappa shape index (κ1) is 18.2. The fourth-order valence-corrected chi connectivity index (χ4v) is 5.35. The van der Waals surface area contributed by atoms with Gasteiger partial charge in [0.25, 0.3) is 0 Å². The molecule has 0 fully saturated rings. The Morgan fingerprint density at radius 2 is 1.79 bits per heavy atom. The zero-order valence-corrected chi connectivity index (χ0v) is 17.5. The highest BCUT2D eigenvalue weighted by atomic mass is 32.1. The summed E-state index contributed by atoms with van der Waals surface area (Å²) < 4.78 is 0. The standard InChI is InChI=1S/C25H24N2OS/c1-15-9-10-16(2)18(12-15)25-24-21(26-19-6-3-4-7-20(19)27-25)13-17(14-22(24)28)23-8-5-11-29-23/h3-12,17,25-27H,13-14H2,1-2H3/t17-,25-/m0/s1. The van der Waals surface area contributed by atoms with Crippen LogP contribution in [-0.4, -0.2) is 5.78 Å². The van der Waals surface area contributed by atoms with Crippen molar-refractivity contribution in [3.05, 3.63) is 92.8 Å². The number of Topliss-reactive ketones (excluding diaryl/α,β-unsaturated/α-hetero) is 1. The Morgan fingerprint density at radius 1 is 0.966 bits per heavy atom. The number of fused-ring (bicyclic) bond motifs is 1. The number of nitrogens with one attached hydrogen (secondary N) is 2. The topological polar surface area (TPSA) is 41.1 Å². The second-order valence-corrected chi connectivity index (χ2v) is 9.02. The molecule has 0 bridgehead atoms. The van der Waals surface area contributed by atoms with Gasteiger partial charge in [0.1, 0.15) is 0 Å². The molecule has 2 aromatic carbocycles. The first-order chi connectivity index (χ1) is 14.1. The van der Waals surface area contributed by atoms with E-state index in [9.17, 15) is 4.79 Å². The highest BCUT2D eigenvalue weighted by Gasteiger charge is 2.36. The Hall–Kier alpha value is -2.85. The summed E-state index contributed by atoms with van der Waals surface area (Å²) in [7, 11) is 0. The van der Waals surface area contributed by atoms with Crippen molar-refractivity contribution in [2.24, 2.45) is 0 Å². The molecule has 0 saturated heterocycles. The van der Waals surface area contributed by atoms with Crippen LogP contribution in [0.25, 0.3) is 0 Å². The van der Waals surface area contributed by atoms with Gasteiger partial charge in [-0.1, -0.05) is 42.0 Å². The normalized spacial score (nSPS) is 21.0. The molecule has 3 nitrogen and oxygen atoms in total. The number of thiophene rings is 1. The van der Waals surface area contributed by atoms with Gasteiger partial charge in [0, 0.05) is 28.5 Å². The molecule has 5 rings (SSSR count). The first-order valence-corrected chi connectivity index (χ1v) is 11.0. The van der Waals surface area contributed by atoms with Gasteiger partial charge in [-0.05, 0) is 55.0 Å². The number of carbonyl (C=O) groups excluding carboxylic acids is 1. The molecule has 1 aliphatic heterocycles. The van der Waals surface area contributed by atoms with E-state index < -0.39 is 0 Å². The summed E-state index contributed by atoms with van der Waals surface area (Å²) in [5.41, 5.74) is 7.61. The lowest BCUT2D eigenvalue weighted by Crippen LogP contribution is -2.27. The maximum atomic E-state index is 13.5. The summed E-state index contributed by atoms with van der Waals surface area (Å²) in [6.07, 6.45) is 1.43. The molecule has 2 N–H and O–H groups in total.